The lowest BCUT2D eigenvalue weighted by Crippen LogP contribution is -2.38. The van der Waals surface area contributed by atoms with Gasteiger partial charge in [0.15, 0.2) is 6.10 Å². The summed E-state index contributed by atoms with van der Waals surface area (Å²) in [5, 5.41) is 20.2. The lowest BCUT2D eigenvalue weighted by atomic mass is 9.85. The van der Waals surface area contributed by atoms with Crippen LogP contribution in [0.3, 0.4) is 0 Å². The third-order valence-electron chi connectivity index (χ3n) is 8.29. The maximum Gasteiger partial charge on any atom is 0.405 e. The number of ether oxygens (including phenoxy) is 3. The van der Waals surface area contributed by atoms with Gasteiger partial charge in [-0.2, -0.15) is 0 Å². The summed E-state index contributed by atoms with van der Waals surface area (Å²) < 4.78 is 21.7. The Hall–Kier alpha value is -4.66. The van der Waals surface area contributed by atoms with Crippen molar-refractivity contribution in [1.82, 2.24) is 15.8 Å². The first-order chi connectivity index (χ1) is 22.6. The Labute approximate surface area is 279 Å². The van der Waals surface area contributed by atoms with Crippen LogP contribution >= 0.6 is 0 Å². The number of nitrogens with zero attached hydrogens (tertiary/aromatic N) is 1. The van der Waals surface area contributed by atoms with Gasteiger partial charge in [0.2, 0.25) is 11.6 Å². The molecule has 3 rings (SSSR count). The van der Waals surface area contributed by atoms with Crippen molar-refractivity contribution in [3.05, 3.63) is 75.5 Å². The minimum atomic E-state index is -1.04. The second kappa shape index (κ2) is 16.4. The molecule has 0 saturated heterocycles. The van der Waals surface area contributed by atoms with Crippen LogP contribution in [-0.4, -0.2) is 78.4 Å². The van der Waals surface area contributed by atoms with Crippen molar-refractivity contribution in [2.24, 2.45) is 17.6 Å². The Kier molecular flexibility index (Phi) is 12.9. The molecule has 0 unspecified atom stereocenters. The third-order valence-corrected chi connectivity index (χ3v) is 8.29. The summed E-state index contributed by atoms with van der Waals surface area (Å²) in [6, 6.07) is 0. The lowest BCUT2D eigenvalue weighted by molar-refractivity contribution is -0.120. The number of carbonyl (C=O) groups excluding carboxylic acids is 5. The number of amides is 3. The van der Waals surface area contributed by atoms with Gasteiger partial charge in [-0.25, -0.2) is 4.79 Å². The van der Waals surface area contributed by atoms with Crippen molar-refractivity contribution in [3.8, 4) is 0 Å². The number of aromatic nitrogens is 1. The molecule has 0 aromatic carbocycles. The fourth-order valence-electron chi connectivity index (χ4n) is 5.70. The normalized spacial score (nSPS) is 29.2. The zero-order chi connectivity index (χ0) is 35.9. The Balaban J connectivity index is 2.11. The molecule has 1 aromatic rings. The maximum atomic E-state index is 13.9. The number of nitrogens with two attached hydrogens (primary N) is 1. The molecule has 1 aliphatic carbocycles. The Morgan fingerprint density at radius 3 is 2.38 bits per heavy atom. The molecule has 1 aromatic heterocycles. The van der Waals surface area contributed by atoms with E-state index in [0.717, 1.165) is 6.08 Å². The van der Waals surface area contributed by atoms with E-state index in [2.05, 4.69) is 15.8 Å². The highest BCUT2D eigenvalue weighted by Crippen LogP contribution is 2.29. The molecule has 14 heteroatoms. The van der Waals surface area contributed by atoms with Crippen molar-refractivity contribution >= 4 is 29.5 Å². The Bertz CT molecular complexity index is 1580. The molecule has 0 radical (unpaired) electrons. The number of aryl methyl sites for hydroxylation is 2. The third kappa shape index (κ3) is 9.02. The number of ketones is 2. The summed E-state index contributed by atoms with van der Waals surface area (Å²) in [4.78, 5) is 65.5. The molecule has 2 heterocycles. The van der Waals surface area contributed by atoms with Gasteiger partial charge in [-0.1, -0.05) is 43.3 Å². The van der Waals surface area contributed by atoms with E-state index < -0.39 is 59.8 Å². The number of rotatable bonds is 5. The molecule has 6 atom stereocenters. The predicted octanol–water partition coefficient (Wildman–Crippen LogP) is 2.80. The van der Waals surface area contributed by atoms with E-state index >= 15 is 0 Å². The van der Waals surface area contributed by atoms with Crippen molar-refractivity contribution in [1.29, 1.82) is 0 Å². The first-order valence-electron chi connectivity index (χ1n) is 15.4. The molecule has 0 fully saturated rings. The van der Waals surface area contributed by atoms with E-state index in [0.29, 0.717) is 11.3 Å². The molecule has 2 aliphatic rings. The number of hydrogen-bond donors (Lipinski definition) is 4. The minimum Gasteiger partial charge on any atom is -0.439 e. The monoisotopic (exact) mass is 668 g/mol. The number of carbonyl (C=O) groups is 5. The van der Waals surface area contributed by atoms with Crippen LogP contribution < -0.4 is 16.4 Å². The van der Waals surface area contributed by atoms with Gasteiger partial charge in [-0.05, 0) is 52.0 Å². The highest BCUT2D eigenvalue weighted by molar-refractivity contribution is 6.24. The van der Waals surface area contributed by atoms with Gasteiger partial charge >= 0.3 is 6.09 Å². The van der Waals surface area contributed by atoms with Gasteiger partial charge in [-0.3, -0.25) is 19.2 Å². The summed E-state index contributed by atoms with van der Waals surface area (Å²) >= 11 is 0. The van der Waals surface area contributed by atoms with E-state index in [4.69, 9.17) is 24.5 Å². The molecule has 5 N–H and O–H groups in total. The second-order valence-electron chi connectivity index (χ2n) is 12.1. The maximum absolute atomic E-state index is 13.9. The zero-order valence-electron chi connectivity index (χ0n) is 28.4. The Morgan fingerprint density at radius 2 is 1.79 bits per heavy atom. The highest BCUT2D eigenvalue weighted by Gasteiger charge is 2.35. The van der Waals surface area contributed by atoms with Crippen LogP contribution in [0, 0.1) is 25.7 Å². The number of primary amides is 1. The van der Waals surface area contributed by atoms with E-state index in [1.807, 2.05) is 0 Å². The number of methoxy groups -OCH3 is 2. The summed E-state index contributed by atoms with van der Waals surface area (Å²) in [6.07, 6.45) is 2.86. The molecule has 3 amide bonds. The number of aliphatic hydroxyl groups excluding tert-OH is 1. The number of allylic oxidation sites excluding steroid dienone is 4. The minimum absolute atomic E-state index is 0.00751. The van der Waals surface area contributed by atoms with Crippen molar-refractivity contribution in [2.45, 2.75) is 78.8 Å². The standard InChI is InChI=1S/C34H44N4O10/c1-16-12-22-28(37-33(43)27-20(5)38-48-21(27)6)24(39)15-23(30(22)41)36-32(42)17(2)10-9-11-25(45-7)31(47-34(35)44)19(4)14-18(3)29(40)26(13-16)46-8/h9-11,14-16,18,25-26,29,31,40H,12-13H2,1-8H3,(H2,35,44)(H,36,42)(H,37,43)/b11-9-,17-10+,19-14+/t16-,18+,25+,26+,29-,31+/m1/s1. The molecule has 1 aliphatic heterocycles. The molecule has 48 heavy (non-hydrogen) atoms. The van der Waals surface area contributed by atoms with Crippen LogP contribution in [0.15, 0.2) is 63.0 Å². The average Bonchev–Trinajstić information content (AvgIpc) is 3.37. The molecule has 260 valence electrons. The van der Waals surface area contributed by atoms with Crippen molar-refractivity contribution < 1.29 is 47.8 Å². The van der Waals surface area contributed by atoms with Gasteiger partial charge in [-0.15, -0.1) is 0 Å². The van der Waals surface area contributed by atoms with Gasteiger partial charge in [0, 0.05) is 37.4 Å². The van der Waals surface area contributed by atoms with E-state index in [9.17, 15) is 29.1 Å². The fourth-order valence-corrected chi connectivity index (χ4v) is 5.70. The molecule has 0 spiro atoms. The van der Waals surface area contributed by atoms with Crippen LogP contribution in [-0.2, 0) is 28.6 Å². The SMILES string of the molecule is CO[C@H]1/C=C\C=C(/C)C(=O)NC2=CC(=O)C(NC(=O)c3c(C)noc3C)=C(C[C@@H](C)C[C@H](OC)[C@H](O)[C@@H](C)/C=C(\C)[C@@H]1OC(N)=O)C2=O. The van der Waals surface area contributed by atoms with E-state index in [1.54, 1.807) is 46.8 Å². The zero-order valence-corrected chi connectivity index (χ0v) is 28.4. The first kappa shape index (κ1) is 37.8. The largest absolute Gasteiger partial charge is 0.439 e. The van der Waals surface area contributed by atoms with Crippen molar-refractivity contribution in [3.63, 3.8) is 0 Å². The van der Waals surface area contributed by atoms with E-state index in [1.165, 1.54) is 33.3 Å². The number of hydrogen-bond acceptors (Lipinski definition) is 11. The van der Waals surface area contributed by atoms with Crippen LogP contribution in [0.5, 0.6) is 0 Å². The highest BCUT2D eigenvalue weighted by atomic mass is 16.6. The van der Waals surface area contributed by atoms with Crippen molar-refractivity contribution in [2.75, 3.05) is 14.2 Å². The summed E-state index contributed by atoms with van der Waals surface area (Å²) in [7, 11) is 2.85. The summed E-state index contributed by atoms with van der Waals surface area (Å²) in [6.45, 7) is 9.91. The predicted molar refractivity (Wildman–Crippen MR) is 173 cm³/mol. The average molecular weight is 669 g/mol. The van der Waals surface area contributed by atoms with Crippen LogP contribution in [0.4, 0.5) is 4.79 Å². The van der Waals surface area contributed by atoms with E-state index in [-0.39, 0.29) is 52.6 Å². The summed E-state index contributed by atoms with van der Waals surface area (Å²) in [5.74, 6) is -3.33. The number of Topliss-reactive ketones (excluding diaryl/α,β-unsaturated/α-hetero) is 1. The van der Waals surface area contributed by atoms with Gasteiger partial charge in [0.05, 0.1) is 29.3 Å². The van der Waals surface area contributed by atoms with Gasteiger partial charge in [0.25, 0.3) is 11.8 Å². The molecular weight excluding hydrogens is 624 g/mol. The van der Waals surface area contributed by atoms with Crippen LogP contribution in [0.2, 0.25) is 0 Å². The number of aliphatic hydroxyl groups is 1. The second-order valence-corrected chi connectivity index (χ2v) is 12.1. The van der Waals surface area contributed by atoms with Gasteiger partial charge < -0.3 is 40.2 Å². The topological polar surface area (TPSA) is 209 Å². The smallest absolute Gasteiger partial charge is 0.405 e. The van der Waals surface area contributed by atoms with Crippen LogP contribution in [0.25, 0.3) is 0 Å². The molecule has 2 bridgehead atoms. The summed E-state index contributed by atoms with van der Waals surface area (Å²) in [5.41, 5.74) is 5.99. The lowest BCUT2D eigenvalue weighted by Gasteiger charge is -2.30. The quantitative estimate of drug-likeness (QED) is 0.265. The van der Waals surface area contributed by atoms with Crippen LogP contribution in [0.1, 0.15) is 62.3 Å². The molecule has 0 saturated carbocycles. The molecule has 14 nitrogen and oxygen atoms in total. The number of fused-ring (bicyclic) bond motifs is 2. The Morgan fingerprint density at radius 1 is 1.10 bits per heavy atom. The fraction of sp³-hybridized carbons (Fsp3) is 0.471. The number of nitrogens with one attached hydrogen (secondary N) is 2. The van der Waals surface area contributed by atoms with Gasteiger partial charge in [0.1, 0.15) is 17.4 Å². The first-order valence-corrected chi connectivity index (χ1v) is 15.4. The molecular formula is C34H44N4O10.